The van der Waals surface area contributed by atoms with Crippen molar-refractivity contribution in [1.29, 1.82) is 0 Å². The van der Waals surface area contributed by atoms with Crippen molar-refractivity contribution in [1.82, 2.24) is 0 Å². The Hall–Kier alpha value is -0.200. The highest BCUT2D eigenvalue weighted by atomic mass is 16.8. The van der Waals surface area contributed by atoms with E-state index in [-0.39, 0.29) is 18.5 Å². The molecule has 5 heteroatoms. The first-order chi connectivity index (χ1) is 10.4. The molecule has 0 aliphatic carbocycles. The Morgan fingerprint density at radius 1 is 0.909 bits per heavy atom. The predicted octanol–water partition coefficient (Wildman–Crippen LogP) is 3.25. The molecule has 0 spiro atoms. The Morgan fingerprint density at radius 3 is 2.27 bits per heavy atom. The van der Waals surface area contributed by atoms with Crippen molar-refractivity contribution in [3.05, 3.63) is 0 Å². The molecule has 2 aliphatic rings. The van der Waals surface area contributed by atoms with Crippen LogP contribution in [0.3, 0.4) is 0 Å². The monoisotopic (exact) mass is 316 g/mol. The molecule has 2 fully saturated rings. The molecule has 4 atom stereocenters. The third kappa shape index (κ3) is 4.20. The van der Waals surface area contributed by atoms with Gasteiger partial charge in [-0.25, -0.2) is 0 Å². The largest absolute Gasteiger partial charge is 0.378 e. The molecule has 2 heterocycles. The van der Waals surface area contributed by atoms with Crippen LogP contribution in [0, 0.1) is 0 Å². The highest BCUT2D eigenvalue weighted by Gasteiger charge is 2.60. The lowest BCUT2D eigenvalue weighted by atomic mass is 9.98. The summed E-state index contributed by atoms with van der Waals surface area (Å²) in [6, 6.07) is 0. The number of rotatable bonds is 9. The maximum absolute atomic E-state index is 6.13. The topological polar surface area (TPSA) is 46.2 Å². The van der Waals surface area contributed by atoms with Crippen LogP contribution in [0.15, 0.2) is 0 Å². The van der Waals surface area contributed by atoms with Gasteiger partial charge in [0.05, 0.1) is 6.61 Å². The summed E-state index contributed by atoms with van der Waals surface area (Å²) < 4.78 is 29.9. The minimum absolute atomic E-state index is 0.160. The molecule has 130 valence electrons. The quantitative estimate of drug-likeness (QED) is 0.611. The van der Waals surface area contributed by atoms with E-state index in [0.717, 1.165) is 32.3 Å². The second-order valence-electron chi connectivity index (χ2n) is 6.95. The highest BCUT2D eigenvalue weighted by Crippen LogP contribution is 2.43. The van der Waals surface area contributed by atoms with E-state index in [4.69, 9.17) is 23.7 Å². The SMILES string of the molecule is CCCCOC[C@@]1(C)O[C@@H]2OC(C)(C)O[C@@H]2[C@@H]1OCCCC. The van der Waals surface area contributed by atoms with Crippen LogP contribution in [0.1, 0.15) is 60.3 Å². The van der Waals surface area contributed by atoms with Gasteiger partial charge in [0.25, 0.3) is 0 Å². The van der Waals surface area contributed by atoms with Gasteiger partial charge in [-0.2, -0.15) is 0 Å². The Bertz CT molecular complexity index is 346. The second-order valence-corrected chi connectivity index (χ2v) is 6.95. The van der Waals surface area contributed by atoms with Crippen molar-refractivity contribution in [2.24, 2.45) is 0 Å². The molecule has 0 radical (unpaired) electrons. The Balaban J connectivity index is 1.98. The Labute approximate surface area is 134 Å². The van der Waals surface area contributed by atoms with Gasteiger partial charge in [-0.05, 0) is 33.6 Å². The maximum Gasteiger partial charge on any atom is 0.190 e. The van der Waals surface area contributed by atoms with Crippen LogP contribution < -0.4 is 0 Å². The van der Waals surface area contributed by atoms with Gasteiger partial charge in [0, 0.05) is 13.2 Å². The normalized spacial score (nSPS) is 36.7. The molecule has 0 amide bonds. The van der Waals surface area contributed by atoms with Gasteiger partial charge in [0.2, 0.25) is 0 Å². The first-order valence-electron chi connectivity index (χ1n) is 8.64. The summed E-state index contributed by atoms with van der Waals surface area (Å²) in [7, 11) is 0. The maximum atomic E-state index is 6.13. The highest BCUT2D eigenvalue weighted by molar-refractivity contribution is 5.02. The van der Waals surface area contributed by atoms with Gasteiger partial charge in [0.1, 0.15) is 17.8 Å². The average Bonchev–Trinajstić information content (AvgIpc) is 2.85. The van der Waals surface area contributed by atoms with E-state index in [2.05, 4.69) is 13.8 Å². The Morgan fingerprint density at radius 2 is 1.59 bits per heavy atom. The van der Waals surface area contributed by atoms with Crippen molar-refractivity contribution >= 4 is 0 Å². The number of fused-ring (bicyclic) bond motifs is 1. The van der Waals surface area contributed by atoms with Gasteiger partial charge in [-0.3, -0.25) is 0 Å². The number of ether oxygens (including phenoxy) is 5. The first kappa shape index (κ1) is 18.1. The molecule has 2 saturated heterocycles. The standard InChI is InChI=1S/C17H32O5/c1-6-8-10-18-12-17(5)14(19-11-9-7-2)13-15(22-17)21-16(3,4)20-13/h13-15H,6-12H2,1-5H3/t13-,14+,15+,17-/m1/s1. The van der Waals surface area contributed by atoms with Crippen molar-refractivity contribution < 1.29 is 23.7 Å². The first-order valence-corrected chi connectivity index (χ1v) is 8.64. The second kappa shape index (κ2) is 7.58. The van der Waals surface area contributed by atoms with E-state index in [0.29, 0.717) is 13.2 Å². The van der Waals surface area contributed by atoms with E-state index in [1.807, 2.05) is 20.8 Å². The fraction of sp³-hybridized carbons (Fsp3) is 1.00. The predicted molar refractivity (Wildman–Crippen MR) is 83.7 cm³/mol. The van der Waals surface area contributed by atoms with Gasteiger partial charge < -0.3 is 23.7 Å². The molecule has 0 aromatic carbocycles. The van der Waals surface area contributed by atoms with Crippen molar-refractivity contribution in [3.63, 3.8) is 0 Å². The van der Waals surface area contributed by atoms with Crippen molar-refractivity contribution in [2.75, 3.05) is 19.8 Å². The van der Waals surface area contributed by atoms with Crippen LogP contribution in [-0.2, 0) is 23.7 Å². The van der Waals surface area contributed by atoms with Gasteiger partial charge in [0.15, 0.2) is 12.1 Å². The number of hydrogen-bond acceptors (Lipinski definition) is 5. The third-order valence-electron chi connectivity index (χ3n) is 4.20. The van der Waals surface area contributed by atoms with E-state index in [1.165, 1.54) is 0 Å². The van der Waals surface area contributed by atoms with Gasteiger partial charge in [-0.15, -0.1) is 0 Å². The minimum Gasteiger partial charge on any atom is -0.378 e. The summed E-state index contributed by atoms with van der Waals surface area (Å²) >= 11 is 0. The molecule has 0 bridgehead atoms. The summed E-state index contributed by atoms with van der Waals surface area (Å²) in [5, 5.41) is 0. The molecule has 2 rings (SSSR count). The summed E-state index contributed by atoms with van der Waals surface area (Å²) in [5.74, 6) is -0.619. The van der Waals surface area contributed by atoms with E-state index in [1.54, 1.807) is 0 Å². The van der Waals surface area contributed by atoms with Crippen LogP contribution in [0.25, 0.3) is 0 Å². The number of unbranched alkanes of at least 4 members (excludes halogenated alkanes) is 2. The molecule has 22 heavy (non-hydrogen) atoms. The summed E-state index contributed by atoms with van der Waals surface area (Å²) in [5.41, 5.74) is -0.521. The summed E-state index contributed by atoms with van der Waals surface area (Å²) in [4.78, 5) is 0. The van der Waals surface area contributed by atoms with Crippen LogP contribution >= 0.6 is 0 Å². The van der Waals surface area contributed by atoms with Crippen molar-refractivity contribution in [3.8, 4) is 0 Å². The zero-order chi connectivity index (χ0) is 16.2. The summed E-state index contributed by atoms with van der Waals surface area (Å²) in [6.45, 7) is 12.1. The van der Waals surface area contributed by atoms with Crippen LogP contribution in [-0.4, -0.2) is 49.7 Å². The molecule has 2 aliphatic heterocycles. The van der Waals surface area contributed by atoms with E-state index < -0.39 is 11.4 Å². The fourth-order valence-electron chi connectivity index (χ4n) is 3.00. The minimum atomic E-state index is -0.619. The summed E-state index contributed by atoms with van der Waals surface area (Å²) in [6.07, 6.45) is 3.60. The molecular weight excluding hydrogens is 284 g/mol. The van der Waals surface area contributed by atoms with Crippen molar-refractivity contribution in [2.45, 2.75) is 90.2 Å². The average molecular weight is 316 g/mol. The lowest BCUT2D eigenvalue weighted by Crippen LogP contribution is -2.48. The molecule has 0 N–H and O–H groups in total. The fourth-order valence-corrected chi connectivity index (χ4v) is 3.00. The smallest absolute Gasteiger partial charge is 0.190 e. The zero-order valence-electron chi connectivity index (χ0n) is 14.7. The molecule has 0 aromatic heterocycles. The third-order valence-corrected chi connectivity index (χ3v) is 4.20. The van der Waals surface area contributed by atoms with Crippen LogP contribution in [0.4, 0.5) is 0 Å². The lowest BCUT2D eigenvalue weighted by Gasteiger charge is -2.33. The number of hydrogen-bond donors (Lipinski definition) is 0. The molecule has 5 nitrogen and oxygen atoms in total. The zero-order valence-corrected chi connectivity index (χ0v) is 14.7. The molecule has 0 unspecified atom stereocenters. The van der Waals surface area contributed by atoms with Gasteiger partial charge >= 0.3 is 0 Å². The van der Waals surface area contributed by atoms with Crippen LogP contribution in [0.5, 0.6) is 0 Å². The Kier molecular flexibility index (Phi) is 6.25. The lowest BCUT2D eigenvalue weighted by molar-refractivity contribution is -0.248. The van der Waals surface area contributed by atoms with Gasteiger partial charge in [-0.1, -0.05) is 26.7 Å². The molecule has 0 saturated carbocycles. The molecular formula is C17H32O5. The van der Waals surface area contributed by atoms with Crippen LogP contribution in [0.2, 0.25) is 0 Å². The molecule has 0 aromatic rings. The van der Waals surface area contributed by atoms with E-state index >= 15 is 0 Å². The van der Waals surface area contributed by atoms with E-state index in [9.17, 15) is 0 Å².